The van der Waals surface area contributed by atoms with Crippen molar-refractivity contribution in [2.24, 2.45) is 0 Å². The lowest BCUT2D eigenvalue weighted by Gasteiger charge is -2.39. The standard InChI is InChI=1S/C24H4Cl4F18N2O4/c25-9-5-3-4-7(11(9)27)15(51)48(2-18(31,32)20(35,36)22(39,40)24(44,45)46)16(52)8(4)12(28)10(26)6(3)14(50)47(13(5)49)1-17(29,30)19(33,34)21(37,38)23(41,42)43/h1-2H2. The third-order valence-electron chi connectivity index (χ3n) is 7.48. The smallest absolute Gasteiger partial charge is 0.269 e. The van der Waals surface area contributed by atoms with Gasteiger partial charge in [0.15, 0.2) is 0 Å². The van der Waals surface area contributed by atoms with E-state index in [-0.39, 0.29) is 0 Å². The summed E-state index contributed by atoms with van der Waals surface area (Å²) in [6.07, 6.45) is -14.7. The zero-order valence-electron chi connectivity index (χ0n) is 23.3. The summed E-state index contributed by atoms with van der Waals surface area (Å²) < 4.78 is 244. The number of carbonyl (C=O) groups excluding carboxylic acids is 4. The van der Waals surface area contributed by atoms with Gasteiger partial charge in [0, 0.05) is 10.8 Å². The molecule has 0 saturated heterocycles. The maximum absolute atomic E-state index is 14.6. The Labute approximate surface area is 292 Å². The van der Waals surface area contributed by atoms with Crippen LogP contribution in [0.1, 0.15) is 41.4 Å². The lowest BCUT2D eigenvalue weighted by atomic mass is 9.85. The topological polar surface area (TPSA) is 74.8 Å². The molecule has 0 aliphatic carbocycles. The van der Waals surface area contributed by atoms with Crippen LogP contribution < -0.4 is 0 Å². The van der Waals surface area contributed by atoms with Gasteiger partial charge in [-0.05, 0) is 0 Å². The normalized spacial score (nSPS) is 16.9. The average Bonchev–Trinajstić information content (AvgIpc) is 2.97. The lowest BCUT2D eigenvalue weighted by Crippen LogP contribution is -2.64. The minimum absolute atomic E-state index is 1.12. The second-order valence-electron chi connectivity index (χ2n) is 10.6. The van der Waals surface area contributed by atoms with Crippen molar-refractivity contribution in [2.75, 3.05) is 13.1 Å². The minimum Gasteiger partial charge on any atom is -0.269 e. The monoisotopic (exact) mass is 866 g/mol. The Morgan fingerprint density at radius 3 is 0.731 bits per heavy atom. The van der Waals surface area contributed by atoms with Gasteiger partial charge in [-0.1, -0.05) is 46.4 Å². The van der Waals surface area contributed by atoms with Gasteiger partial charge in [-0.3, -0.25) is 29.0 Å². The van der Waals surface area contributed by atoms with Crippen LogP contribution in [0.5, 0.6) is 0 Å². The Bertz CT molecular complexity index is 1760. The zero-order valence-corrected chi connectivity index (χ0v) is 26.3. The van der Waals surface area contributed by atoms with Crippen molar-refractivity contribution in [2.45, 2.75) is 47.9 Å². The molecule has 0 atom stereocenters. The molecule has 0 spiro atoms. The number of hydrogen-bond donors (Lipinski definition) is 0. The molecule has 28 heteroatoms. The minimum atomic E-state index is -7.53. The molecular weight excluding hydrogens is 864 g/mol. The van der Waals surface area contributed by atoms with Crippen molar-refractivity contribution in [3.05, 3.63) is 42.3 Å². The highest BCUT2D eigenvalue weighted by molar-refractivity contribution is 6.54. The van der Waals surface area contributed by atoms with Crippen molar-refractivity contribution in [1.82, 2.24) is 9.80 Å². The number of imide groups is 2. The van der Waals surface area contributed by atoms with Crippen LogP contribution >= 0.6 is 46.4 Å². The Morgan fingerprint density at radius 2 is 0.558 bits per heavy atom. The van der Waals surface area contributed by atoms with E-state index >= 15 is 0 Å². The molecule has 0 saturated carbocycles. The van der Waals surface area contributed by atoms with E-state index in [1.165, 1.54) is 0 Å². The van der Waals surface area contributed by atoms with E-state index in [2.05, 4.69) is 0 Å². The molecule has 0 aromatic heterocycles. The maximum atomic E-state index is 14.6. The van der Waals surface area contributed by atoms with E-state index in [4.69, 9.17) is 46.4 Å². The number of alkyl halides is 18. The number of hydrogen-bond acceptors (Lipinski definition) is 4. The van der Waals surface area contributed by atoms with Gasteiger partial charge >= 0.3 is 47.9 Å². The first-order valence-corrected chi connectivity index (χ1v) is 14.0. The summed E-state index contributed by atoms with van der Waals surface area (Å²) in [6.45, 7) is -6.65. The fourth-order valence-corrected chi connectivity index (χ4v) is 5.93. The molecule has 2 aromatic rings. The van der Waals surface area contributed by atoms with E-state index < -0.39 is 148 Å². The van der Waals surface area contributed by atoms with E-state index in [1.54, 1.807) is 0 Å². The molecule has 4 amide bonds. The number of rotatable bonds is 8. The zero-order chi connectivity index (χ0) is 40.7. The van der Waals surface area contributed by atoms with Gasteiger partial charge in [0.05, 0.1) is 55.4 Å². The number of nitrogens with zero attached hydrogens (tertiary/aromatic N) is 2. The van der Waals surface area contributed by atoms with Crippen molar-refractivity contribution in [3.63, 3.8) is 0 Å². The molecule has 52 heavy (non-hydrogen) atoms. The highest BCUT2D eigenvalue weighted by atomic mass is 35.5. The summed E-state index contributed by atoms with van der Waals surface area (Å²) in [4.78, 5) is 50.7. The maximum Gasteiger partial charge on any atom is 0.460 e. The fourth-order valence-electron chi connectivity index (χ4n) is 4.85. The first-order valence-electron chi connectivity index (χ1n) is 12.5. The van der Waals surface area contributed by atoms with E-state index in [9.17, 15) is 98.2 Å². The van der Waals surface area contributed by atoms with Crippen molar-refractivity contribution < 1.29 is 98.2 Å². The second kappa shape index (κ2) is 11.7. The Morgan fingerprint density at radius 1 is 0.365 bits per heavy atom. The predicted octanol–water partition coefficient (Wildman–Crippen LogP) is 9.58. The molecular formula is C24H4Cl4F18N2O4. The quantitative estimate of drug-likeness (QED) is 0.196. The van der Waals surface area contributed by atoms with Gasteiger partial charge in [0.25, 0.3) is 23.6 Å². The highest BCUT2D eigenvalue weighted by Gasteiger charge is 2.83. The highest BCUT2D eigenvalue weighted by Crippen LogP contribution is 2.57. The average molecular weight is 868 g/mol. The van der Waals surface area contributed by atoms with E-state index in [0.717, 1.165) is 0 Å². The van der Waals surface area contributed by atoms with Gasteiger partial charge in [-0.15, -0.1) is 0 Å². The number of benzene rings is 2. The predicted molar refractivity (Wildman–Crippen MR) is 137 cm³/mol. The number of amides is 4. The third-order valence-corrected chi connectivity index (χ3v) is 9.19. The molecule has 0 unspecified atom stereocenters. The van der Waals surface area contributed by atoms with Gasteiger partial charge in [-0.25, -0.2) is 0 Å². The molecule has 2 heterocycles. The van der Waals surface area contributed by atoms with Crippen molar-refractivity contribution in [3.8, 4) is 0 Å². The van der Waals surface area contributed by atoms with Crippen LogP contribution in [-0.4, -0.2) is 94.4 Å². The van der Waals surface area contributed by atoms with Crippen LogP contribution in [0.25, 0.3) is 10.8 Å². The van der Waals surface area contributed by atoms with Crippen LogP contribution in [0.15, 0.2) is 0 Å². The lowest BCUT2D eigenvalue weighted by molar-refractivity contribution is -0.395. The first-order chi connectivity index (χ1) is 23.0. The summed E-state index contributed by atoms with van der Waals surface area (Å²) in [5.41, 5.74) is -6.23. The second-order valence-corrected chi connectivity index (χ2v) is 12.1. The summed E-state index contributed by atoms with van der Waals surface area (Å²) in [6, 6.07) is 0. The molecule has 6 nitrogen and oxygen atoms in total. The molecule has 0 fully saturated rings. The molecule has 2 aliphatic heterocycles. The van der Waals surface area contributed by atoms with Crippen LogP contribution in [-0.2, 0) is 0 Å². The van der Waals surface area contributed by atoms with E-state index in [1.807, 2.05) is 0 Å². The van der Waals surface area contributed by atoms with Crippen LogP contribution in [0.3, 0.4) is 0 Å². The summed E-state index contributed by atoms with van der Waals surface area (Å²) in [7, 11) is 0. The Balaban J connectivity index is 1.95. The van der Waals surface area contributed by atoms with E-state index in [0.29, 0.717) is 0 Å². The molecule has 0 bridgehead atoms. The number of carbonyl (C=O) groups is 4. The van der Waals surface area contributed by atoms with Gasteiger partial charge in [0.2, 0.25) is 0 Å². The molecule has 2 aliphatic rings. The SMILES string of the molecule is O=C1c2c(Cl)c(Cl)c3c4c(c(Cl)c(Cl)c(c24)C(=O)N1CC(F)(F)C(F)(F)C(F)(F)C(F)(F)F)C(=O)N(CC(F)(F)C(F)(F)C(F)(F)C(F)(F)F)C3=O. The molecule has 0 radical (unpaired) electrons. The fraction of sp³-hybridized carbons (Fsp3) is 0.417. The summed E-state index contributed by atoms with van der Waals surface area (Å²) in [5.74, 6) is -52.9. The van der Waals surface area contributed by atoms with Crippen LogP contribution in [0.2, 0.25) is 20.1 Å². The number of halogens is 22. The molecule has 0 N–H and O–H groups in total. The van der Waals surface area contributed by atoms with Gasteiger partial charge in [0.1, 0.15) is 0 Å². The molecule has 4 rings (SSSR count). The Hall–Kier alpha value is -3.12. The summed E-state index contributed by atoms with van der Waals surface area (Å²) >= 11 is 23.5. The third kappa shape index (κ3) is 5.27. The first kappa shape index (κ1) is 41.6. The van der Waals surface area contributed by atoms with Gasteiger partial charge < -0.3 is 0 Å². The molecule has 288 valence electrons. The van der Waals surface area contributed by atoms with Crippen LogP contribution in [0.4, 0.5) is 79.0 Å². The van der Waals surface area contributed by atoms with Crippen molar-refractivity contribution in [1.29, 1.82) is 0 Å². The van der Waals surface area contributed by atoms with Gasteiger partial charge in [-0.2, -0.15) is 79.0 Å². The van der Waals surface area contributed by atoms with Crippen LogP contribution in [0, 0.1) is 0 Å². The molecule has 2 aromatic carbocycles. The van der Waals surface area contributed by atoms with Crippen molar-refractivity contribution >= 4 is 80.8 Å². The summed E-state index contributed by atoms with van der Waals surface area (Å²) in [5, 5.41) is -8.85. The largest absolute Gasteiger partial charge is 0.460 e. The Kier molecular flexibility index (Phi) is 9.36.